The van der Waals surface area contributed by atoms with E-state index in [0.29, 0.717) is 5.56 Å². The molecule has 7 rings (SSSR count). The average Bonchev–Trinajstić information content (AvgIpc) is 2.91. The molecule has 0 spiro atoms. The number of unbranched alkanes of at least 4 members (excludes halogenated alkanes) is 2. The second-order valence-electron chi connectivity index (χ2n) is 12.3. The molecule has 0 radical (unpaired) electrons. The highest BCUT2D eigenvalue weighted by Gasteiger charge is 2.52. The van der Waals surface area contributed by atoms with Crippen LogP contribution in [0.1, 0.15) is 87.1 Å². The maximum Gasteiger partial charge on any atom is 0.335 e. The topological polar surface area (TPSA) is 55.8 Å². The number of carboxylic acid groups (broad SMARTS) is 1. The summed E-state index contributed by atoms with van der Waals surface area (Å²) in [6, 6.07) is 18.4. The molecule has 200 valence electrons. The minimum atomic E-state index is -0.896. The van der Waals surface area contributed by atoms with E-state index >= 15 is 0 Å². The molecule has 1 N–H and O–H groups in total. The molecule has 4 aliphatic carbocycles. The van der Waals surface area contributed by atoms with Gasteiger partial charge in [-0.3, -0.25) is 0 Å². The lowest BCUT2D eigenvalue weighted by Crippen LogP contribution is -2.48. The van der Waals surface area contributed by atoms with E-state index in [4.69, 9.17) is 9.47 Å². The summed E-state index contributed by atoms with van der Waals surface area (Å²) in [6.07, 6.45) is 12.3. The van der Waals surface area contributed by atoms with E-state index in [2.05, 4.69) is 37.3 Å². The number of carbonyl (C=O) groups is 1. The second kappa shape index (κ2) is 10.4. The molecule has 4 bridgehead atoms. The summed E-state index contributed by atoms with van der Waals surface area (Å²) in [5.74, 6) is 2.68. The molecule has 0 amide bonds. The number of hydrogen-bond donors (Lipinski definition) is 1. The monoisotopic (exact) mass is 512 g/mol. The first-order chi connectivity index (χ1) is 18.5. The Labute approximate surface area is 226 Å². The number of benzene rings is 3. The van der Waals surface area contributed by atoms with Gasteiger partial charge in [0, 0.05) is 19.1 Å². The molecule has 38 heavy (non-hydrogen) atoms. The quantitative estimate of drug-likeness (QED) is 0.218. The fourth-order valence-corrected chi connectivity index (χ4v) is 8.14. The van der Waals surface area contributed by atoms with Crippen LogP contribution in [0.5, 0.6) is 5.75 Å². The Hall–Kier alpha value is -2.85. The van der Waals surface area contributed by atoms with E-state index < -0.39 is 5.97 Å². The number of ether oxygens (including phenoxy) is 2. The van der Waals surface area contributed by atoms with Crippen LogP contribution in [-0.4, -0.2) is 24.5 Å². The molecule has 1 atom stereocenters. The number of fused-ring (bicyclic) bond motifs is 1. The summed E-state index contributed by atoms with van der Waals surface area (Å²) in [7, 11) is 1.77. The summed E-state index contributed by atoms with van der Waals surface area (Å²) >= 11 is 0. The first kappa shape index (κ1) is 25.4. The second-order valence-corrected chi connectivity index (χ2v) is 12.3. The van der Waals surface area contributed by atoms with Crippen molar-refractivity contribution in [2.75, 3.05) is 7.11 Å². The SMILES string of the molecule is CCCCCC(OC)Oc1cc2ccc(-c3ccc(C(=O)O)cc3)cc2cc1C12CC3CC(CC(C3)C1)C2. The summed E-state index contributed by atoms with van der Waals surface area (Å²) in [4.78, 5) is 11.3. The zero-order valence-electron chi connectivity index (χ0n) is 22.7. The van der Waals surface area contributed by atoms with Crippen molar-refractivity contribution in [1.29, 1.82) is 0 Å². The van der Waals surface area contributed by atoms with Gasteiger partial charge in [0.2, 0.25) is 0 Å². The first-order valence-corrected chi connectivity index (χ1v) is 14.6. The molecular formula is C34H40O4. The molecular weight excluding hydrogens is 472 g/mol. The highest BCUT2D eigenvalue weighted by molar-refractivity contribution is 5.91. The molecule has 0 aromatic heterocycles. The fraction of sp³-hybridized carbons (Fsp3) is 0.500. The van der Waals surface area contributed by atoms with Gasteiger partial charge in [0.25, 0.3) is 0 Å². The van der Waals surface area contributed by atoms with Crippen LogP contribution in [0, 0.1) is 17.8 Å². The minimum absolute atomic E-state index is 0.207. The molecule has 4 aliphatic rings. The third-order valence-electron chi connectivity index (χ3n) is 9.58. The Balaban J connectivity index is 1.40. The van der Waals surface area contributed by atoms with Crippen molar-refractivity contribution in [3.63, 3.8) is 0 Å². The van der Waals surface area contributed by atoms with Gasteiger partial charge in [-0.15, -0.1) is 0 Å². The van der Waals surface area contributed by atoms with Crippen LogP contribution in [0.2, 0.25) is 0 Å². The molecule has 0 aliphatic heterocycles. The molecule has 4 fully saturated rings. The van der Waals surface area contributed by atoms with Crippen LogP contribution in [0.15, 0.2) is 54.6 Å². The van der Waals surface area contributed by atoms with Crippen LogP contribution in [0.25, 0.3) is 21.9 Å². The maximum absolute atomic E-state index is 11.3. The van der Waals surface area contributed by atoms with Crippen LogP contribution in [-0.2, 0) is 10.2 Å². The lowest BCUT2D eigenvalue weighted by atomic mass is 9.48. The third-order valence-corrected chi connectivity index (χ3v) is 9.58. The van der Waals surface area contributed by atoms with E-state index in [9.17, 15) is 9.90 Å². The Morgan fingerprint density at radius 1 is 0.895 bits per heavy atom. The molecule has 1 unspecified atom stereocenters. The van der Waals surface area contributed by atoms with Crippen molar-refractivity contribution in [3.8, 4) is 16.9 Å². The standard InChI is InChI=1S/C34H40O4/c1-3-4-5-6-32(37-2)38-31-18-28-12-11-27(25-7-9-26(10-8-25)33(35)36)16-29(28)17-30(31)34-19-22-13-23(20-34)15-24(14-22)21-34/h7-12,16-18,22-24,32H,3-6,13-15,19-21H2,1-2H3,(H,35,36). The van der Waals surface area contributed by atoms with Gasteiger partial charge in [-0.1, -0.05) is 44.0 Å². The smallest absolute Gasteiger partial charge is 0.335 e. The Bertz CT molecular complexity index is 1270. The predicted molar refractivity (Wildman–Crippen MR) is 152 cm³/mol. The Morgan fingerprint density at radius 2 is 1.55 bits per heavy atom. The summed E-state index contributed by atoms with van der Waals surface area (Å²) < 4.78 is 12.5. The van der Waals surface area contributed by atoms with E-state index in [-0.39, 0.29) is 11.7 Å². The van der Waals surface area contributed by atoms with Crippen LogP contribution in [0.3, 0.4) is 0 Å². The number of rotatable bonds is 10. The maximum atomic E-state index is 11.3. The molecule has 4 saturated carbocycles. The third kappa shape index (κ3) is 4.84. The molecule has 3 aromatic rings. The number of aromatic carboxylic acids is 1. The van der Waals surface area contributed by atoms with E-state index in [1.54, 1.807) is 19.2 Å². The molecule has 4 nitrogen and oxygen atoms in total. The minimum Gasteiger partial charge on any atom is -0.478 e. The number of carboxylic acids is 1. The van der Waals surface area contributed by atoms with Gasteiger partial charge in [-0.2, -0.15) is 0 Å². The summed E-state index contributed by atoms with van der Waals surface area (Å²) in [5.41, 5.74) is 4.05. The summed E-state index contributed by atoms with van der Waals surface area (Å²) in [6.45, 7) is 2.23. The largest absolute Gasteiger partial charge is 0.478 e. The highest BCUT2D eigenvalue weighted by atomic mass is 16.7. The molecule has 3 aromatic carbocycles. The number of hydrogen-bond acceptors (Lipinski definition) is 3. The van der Waals surface area contributed by atoms with Gasteiger partial charge in [0.05, 0.1) is 5.56 Å². The van der Waals surface area contributed by atoms with Crippen molar-refractivity contribution in [2.24, 2.45) is 17.8 Å². The van der Waals surface area contributed by atoms with Crippen molar-refractivity contribution < 1.29 is 19.4 Å². The Kier molecular flexibility index (Phi) is 6.94. The Morgan fingerprint density at radius 3 is 2.16 bits per heavy atom. The number of methoxy groups -OCH3 is 1. The van der Waals surface area contributed by atoms with Gasteiger partial charge < -0.3 is 14.6 Å². The van der Waals surface area contributed by atoms with Gasteiger partial charge in [-0.05, 0) is 120 Å². The van der Waals surface area contributed by atoms with Crippen LogP contribution in [0.4, 0.5) is 0 Å². The van der Waals surface area contributed by atoms with Crippen molar-refractivity contribution in [1.82, 2.24) is 0 Å². The molecule has 0 heterocycles. The summed E-state index contributed by atoms with van der Waals surface area (Å²) in [5, 5.41) is 11.7. The lowest BCUT2D eigenvalue weighted by molar-refractivity contribution is -0.0627. The van der Waals surface area contributed by atoms with E-state index in [0.717, 1.165) is 47.5 Å². The van der Waals surface area contributed by atoms with Gasteiger partial charge >= 0.3 is 5.97 Å². The van der Waals surface area contributed by atoms with Crippen LogP contribution >= 0.6 is 0 Å². The molecule has 4 heteroatoms. The first-order valence-electron chi connectivity index (χ1n) is 14.6. The average molecular weight is 513 g/mol. The zero-order valence-corrected chi connectivity index (χ0v) is 22.7. The van der Waals surface area contributed by atoms with Crippen LogP contribution < -0.4 is 4.74 Å². The predicted octanol–water partition coefficient (Wildman–Crippen LogP) is 8.60. The van der Waals surface area contributed by atoms with Gasteiger partial charge in [0.1, 0.15) is 5.75 Å². The normalized spacial score (nSPS) is 26.5. The van der Waals surface area contributed by atoms with E-state index in [1.165, 1.54) is 67.7 Å². The van der Waals surface area contributed by atoms with E-state index in [1.807, 2.05) is 12.1 Å². The highest BCUT2D eigenvalue weighted by Crippen LogP contribution is 2.62. The van der Waals surface area contributed by atoms with Gasteiger partial charge in [-0.25, -0.2) is 4.79 Å². The van der Waals surface area contributed by atoms with Gasteiger partial charge in [0.15, 0.2) is 6.29 Å². The van der Waals surface area contributed by atoms with Crippen molar-refractivity contribution in [2.45, 2.75) is 82.8 Å². The lowest BCUT2D eigenvalue weighted by Gasteiger charge is -2.57. The molecule has 0 saturated heterocycles. The zero-order chi connectivity index (χ0) is 26.3. The van der Waals surface area contributed by atoms with Crippen molar-refractivity contribution >= 4 is 16.7 Å². The van der Waals surface area contributed by atoms with Crippen molar-refractivity contribution in [3.05, 3.63) is 65.7 Å². The fourth-order valence-electron chi connectivity index (χ4n) is 8.14.